The third kappa shape index (κ3) is 3.43. The van der Waals surface area contributed by atoms with Crippen LogP contribution >= 0.6 is 0 Å². The summed E-state index contributed by atoms with van der Waals surface area (Å²) in [5.74, 6) is 0.775. The Balaban J connectivity index is 1.75. The molecule has 27 heavy (non-hydrogen) atoms. The van der Waals surface area contributed by atoms with Crippen molar-refractivity contribution in [1.82, 2.24) is 5.32 Å². The number of hydrogen-bond donors (Lipinski definition) is 1. The number of hydrogen-bond acceptors (Lipinski definition) is 4. The third-order valence-corrected chi connectivity index (χ3v) is 5.05. The van der Waals surface area contributed by atoms with Crippen molar-refractivity contribution in [2.45, 2.75) is 31.9 Å². The van der Waals surface area contributed by atoms with Gasteiger partial charge in [-0.15, -0.1) is 0 Å². The van der Waals surface area contributed by atoms with Gasteiger partial charge in [-0.1, -0.05) is 30.3 Å². The fraction of sp³-hybridized carbons (Fsp3) is 0.318. The van der Waals surface area contributed by atoms with Gasteiger partial charge >= 0.3 is 0 Å². The van der Waals surface area contributed by atoms with Crippen molar-refractivity contribution in [3.8, 4) is 16.9 Å². The highest BCUT2D eigenvalue weighted by Gasteiger charge is 2.27. The van der Waals surface area contributed by atoms with Crippen molar-refractivity contribution < 1.29 is 18.7 Å². The maximum atomic E-state index is 13.0. The monoisotopic (exact) mass is 365 g/mol. The highest BCUT2D eigenvalue weighted by atomic mass is 16.5. The molecule has 140 valence electrons. The topological polar surface area (TPSA) is 60.7 Å². The summed E-state index contributed by atoms with van der Waals surface area (Å²) in [6.45, 7) is 2.73. The normalized spacial score (nSPS) is 17.8. The van der Waals surface area contributed by atoms with Crippen molar-refractivity contribution in [1.29, 1.82) is 0 Å². The second-order valence-electron chi connectivity index (χ2n) is 6.85. The molecule has 1 amide bonds. The molecule has 4 rings (SSSR count). The van der Waals surface area contributed by atoms with Gasteiger partial charge in [-0.25, -0.2) is 0 Å². The van der Waals surface area contributed by atoms with Crippen LogP contribution in [0.15, 0.2) is 52.9 Å². The SMILES string of the molecule is COc1ccc2c(-c3ccccc3)c(C(=O)NC(C)C3CCCO3)oc2c1. The van der Waals surface area contributed by atoms with Crippen molar-refractivity contribution >= 4 is 16.9 Å². The first-order valence-electron chi connectivity index (χ1n) is 9.26. The Labute approximate surface area is 158 Å². The summed E-state index contributed by atoms with van der Waals surface area (Å²) in [7, 11) is 1.61. The lowest BCUT2D eigenvalue weighted by atomic mass is 10.0. The second-order valence-corrected chi connectivity index (χ2v) is 6.85. The van der Waals surface area contributed by atoms with E-state index < -0.39 is 0 Å². The average molecular weight is 365 g/mol. The van der Waals surface area contributed by atoms with E-state index in [1.165, 1.54) is 0 Å². The van der Waals surface area contributed by atoms with Gasteiger partial charge in [0.15, 0.2) is 0 Å². The number of furan rings is 1. The molecule has 0 saturated carbocycles. The Morgan fingerprint density at radius 1 is 1.22 bits per heavy atom. The molecule has 5 heteroatoms. The van der Waals surface area contributed by atoms with Crippen LogP contribution in [0.4, 0.5) is 0 Å². The lowest BCUT2D eigenvalue weighted by molar-refractivity contribution is 0.0698. The van der Waals surface area contributed by atoms with Crippen molar-refractivity contribution in [3.63, 3.8) is 0 Å². The molecule has 3 aromatic rings. The van der Waals surface area contributed by atoms with Crippen LogP contribution in [0.5, 0.6) is 5.75 Å². The molecule has 2 aromatic carbocycles. The predicted octanol–water partition coefficient (Wildman–Crippen LogP) is 4.41. The zero-order chi connectivity index (χ0) is 18.8. The Bertz CT molecular complexity index is 942. The van der Waals surface area contributed by atoms with Crippen LogP contribution in [0, 0.1) is 0 Å². The summed E-state index contributed by atoms with van der Waals surface area (Å²) >= 11 is 0. The molecule has 0 aliphatic carbocycles. The molecule has 0 radical (unpaired) electrons. The smallest absolute Gasteiger partial charge is 0.287 e. The van der Waals surface area contributed by atoms with E-state index in [1.54, 1.807) is 7.11 Å². The van der Waals surface area contributed by atoms with Gasteiger partial charge in [0.1, 0.15) is 11.3 Å². The van der Waals surface area contributed by atoms with Crippen LogP contribution in [0.2, 0.25) is 0 Å². The molecule has 2 atom stereocenters. The van der Waals surface area contributed by atoms with Crippen LogP contribution < -0.4 is 10.1 Å². The second kappa shape index (κ2) is 7.45. The van der Waals surface area contributed by atoms with Gasteiger partial charge in [-0.3, -0.25) is 4.79 Å². The Kier molecular flexibility index (Phi) is 4.86. The van der Waals surface area contributed by atoms with E-state index in [1.807, 2.05) is 55.5 Å². The molecule has 5 nitrogen and oxygen atoms in total. The zero-order valence-corrected chi connectivity index (χ0v) is 15.5. The maximum Gasteiger partial charge on any atom is 0.287 e. The first-order chi connectivity index (χ1) is 13.2. The molecular weight excluding hydrogens is 342 g/mol. The number of carbonyl (C=O) groups is 1. The zero-order valence-electron chi connectivity index (χ0n) is 15.5. The van der Waals surface area contributed by atoms with Gasteiger partial charge in [-0.2, -0.15) is 0 Å². The summed E-state index contributed by atoms with van der Waals surface area (Å²) in [5, 5.41) is 3.93. The number of benzene rings is 2. The minimum absolute atomic E-state index is 0.0543. The van der Waals surface area contributed by atoms with Crippen molar-refractivity contribution in [2.24, 2.45) is 0 Å². The molecule has 2 unspecified atom stereocenters. The third-order valence-electron chi connectivity index (χ3n) is 5.05. The largest absolute Gasteiger partial charge is 0.497 e. The number of methoxy groups -OCH3 is 1. The van der Waals surface area contributed by atoms with Gasteiger partial charge < -0.3 is 19.2 Å². The Hall–Kier alpha value is -2.79. The van der Waals surface area contributed by atoms with E-state index >= 15 is 0 Å². The van der Waals surface area contributed by atoms with E-state index in [-0.39, 0.29) is 18.1 Å². The fourth-order valence-corrected chi connectivity index (χ4v) is 3.62. The molecule has 1 aliphatic heterocycles. The number of fused-ring (bicyclic) bond motifs is 1. The fourth-order valence-electron chi connectivity index (χ4n) is 3.62. The van der Waals surface area contributed by atoms with Crippen LogP contribution in [-0.2, 0) is 4.74 Å². The summed E-state index contributed by atoms with van der Waals surface area (Å²) < 4.78 is 17.0. The highest BCUT2D eigenvalue weighted by molar-refractivity contribution is 6.08. The average Bonchev–Trinajstić information content (AvgIpc) is 3.36. The van der Waals surface area contributed by atoms with Crippen molar-refractivity contribution in [2.75, 3.05) is 13.7 Å². The van der Waals surface area contributed by atoms with E-state index in [4.69, 9.17) is 13.9 Å². The summed E-state index contributed by atoms with van der Waals surface area (Å²) in [6.07, 6.45) is 2.05. The Morgan fingerprint density at radius 3 is 2.74 bits per heavy atom. The first kappa shape index (κ1) is 17.6. The molecule has 1 aromatic heterocycles. The van der Waals surface area contributed by atoms with Gasteiger partial charge in [0.2, 0.25) is 5.76 Å². The van der Waals surface area contributed by atoms with E-state index in [0.29, 0.717) is 17.1 Å². The van der Waals surface area contributed by atoms with Crippen molar-refractivity contribution in [3.05, 3.63) is 54.3 Å². The Morgan fingerprint density at radius 2 is 2.04 bits per heavy atom. The number of carbonyl (C=O) groups excluding carboxylic acids is 1. The van der Waals surface area contributed by atoms with Gasteiger partial charge in [0.25, 0.3) is 5.91 Å². The number of ether oxygens (including phenoxy) is 2. The van der Waals surface area contributed by atoms with Gasteiger partial charge in [-0.05, 0) is 37.5 Å². The molecule has 2 heterocycles. The van der Waals surface area contributed by atoms with Crippen LogP contribution in [0.1, 0.15) is 30.3 Å². The molecule has 1 N–H and O–H groups in total. The molecular formula is C22H23NO4. The predicted molar refractivity (Wildman–Crippen MR) is 104 cm³/mol. The molecule has 1 aliphatic rings. The minimum Gasteiger partial charge on any atom is -0.497 e. The maximum absolute atomic E-state index is 13.0. The standard InChI is InChI=1S/C22H23NO4/c1-14(18-9-6-12-26-18)23-22(24)21-20(15-7-4-3-5-8-15)17-11-10-16(25-2)13-19(17)27-21/h3-5,7-8,10-11,13-14,18H,6,9,12H2,1-2H3,(H,23,24). The lowest BCUT2D eigenvalue weighted by Gasteiger charge is -2.19. The molecule has 1 saturated heterocycles. The molecule has 1 fully saturated rings. The lowest BCUT2D eigenvalue weighted by Crippen LogP contribution is -2.40. The number of nitrogens with one attached hydrogen (secondary N) is 1. The molecule has 0 bridgehead atoms. The summed E-state index contributed by atoms with van der Waals surface area (Å²) in [4.78, 5) is 13.0. The van der Waals surface area contributed by atoms with Crippen LogP contribution in [0.3, 0.4) is 0 Å². The highest BCUT2D eigenvalue weighted by Crippen LogP contribution is 2.36. The van der Waals surface area contributed by atoms with E-state index in [0.717, 1.165) is 36.0 Å². The first-order valence-corrected chi connectivity index (χ1v) is 9.26. The number of amides is 1. The van der Waals surface area contributed by atoms with Gasteiger partial charge in [0.05, 0.1) is 19.3 Å². The van der Waals surface area contributed by atoms with Crippen LogP contribution in [-0.4, -0.2) is 31.8 Å². The summed E-state index contributed by atoms with van der Waals surface area (Å²) in [5.41, 5.74) is 2.37. The van der Waals surface area contributed by atoms with Crippen LogP contribution in [0.25, 0.3) is 22.1 Å². The van der Waals surface area contributed by atoms with E-state index in [9.17, 15) is 4.79 Å². The number of rotatable bonds is 5. The quantitative estimate of drug-likeness (QED) is 0.728. The minimum atomic E-state index is -0.230. The van der Waals surface area contributed by atoms with Gasteiger partial charge in [0, 0.05) is 23.6 Å². The van der Waals surface area contributed by atoms with E-state index in [2.05, 4.69) is 5.32 Å². The molecule has 0 spiro atoms. The summed E-state index contributed by atoms with van der Waals surface area (Å²) in [6, 6.07) is 15.4.